The molecule has 1 amide bonds. The first-order valence-electron chi connectivity index (χ1n) is 5.75. The van der Waals surface area contributed by atoms with Crippen LogP contribution in [-0.2, 0) is 20.7 Å². The summed E-state index contributed by atoms with van der Waals surface area (Å²) in [5.74, 6) is -0.795. The van der Waals surface area contributed by atoms with E-state index in [9.17, 15) is 19.7 Å². The topological polar surface area (TPSA) is 98.5 Å². The van der Waals surface area contributed by atoms with Crippen LogP contribution in [0.3, 0.4) is 0 Å². The van der Waals surface area contributed by atoms with Crippen molar-refractivity contribution in [1.82, 2.24) is 5.32 Å². The first-order valence-corrected chi connectivity index (χ1v) is 5.75. The minimum absolute atomic E-state index is 0.00847. The highest BCUT2D eigenvalue weighted by Gasteiger charge is 2.27. The van der Waals surface area contributed by atoms with E-state index in [4.69, 9.17) is 4.74 Å². The molecule has 0 aromatic heterocycles. The van der Waals surface area contributed by atoms with Crippen molar-refractivity contribution in [2.75, 3.05) is 6.61 Å². The molecule has 1 atom stereocenters. The minimum Gasteiger partial charge on any atom is -0.464 e. The van der Waals surface area contributed by atoms with E-state index in [1.54, 1.807) is 6.07 Å². The second-order valence-electron chi connectivity index (χ2n) is 4.18. The molecule has 1 N–H and O–H groups in total. The Balaban J connectivity index is 1.97. The maximum atomic E-state index is 11.7. The predicted octanol–water partition coefficient (Wildman–Crippen LogP) is 0.569. The van der Waals surface area contributed by atoms with Crippen LogP contribution in [-0.4, -0.2) is 29.4 Å². The van der Waals surface area contributed by atoms with Gasteiger partial charge in [0, 0.05) is 18.6 Å². The van der Waals surface area contributed by atoms with Crippen LogP contribution < -0.4 is 5.32 Å². The number of nitro groups is 1. The number of benzene rings is 1. The zero-order valence-corrected chi connectivity index (χ0v) is 10.00. The van der Waals surface area contributed by atoms with Crippen LogP contribution in [0.5, 0.6) is 0 Å². The van der Waals surface area contributed by atoms with Crippen LogP contribution in [0.25, 0.3) is 0 Å². The van der Waals surface area contributed by atoms with Crippen LogP contribution in [0.15, 0.2) is 24.3 Å². The molecule has 0 bridgehead atoms. The van der Waals surface area contributed by atoms with Gasteiger partial charge in [-0.15, -0.1) is 0 Å². The van der Waals surface area contributed by atoms with Crippen molar-refractivity contribution in [3.8, 4) is 0 Å². The summed E-state index contributed by atoms with van der Waals surface area (Å²) in [4.78, 5) is 33.0. The Morgan fingerprint density at radius 3 is 2.95 bits per heavy atom. The van der Waals surface area contributed by atoms with Gasteiger partial charge < -0.3 is 10.1 Å². The fraction of sp³-hybridized carbons (Fsp3) is 0.333. The zero-order chi connectivity index (χ0) is 13.8. The van der Waals surface area contributed by atoms with E-state index in [1.165, 1.54) is 18.2 Å². The Kier molecular flexibility index (Phi) is 3.74. The highest BCUT2D eigenvalue weighted by Crippen LogP contribution is 2.14. The molecule has 0 spiro atoms. The molecule has 19 heavy (non-hydrogen) atoms. The van der Waals surface area contributed by atoms with Crippen molar-refractivity contribution in [2.24, 2.45) is 0 Å². The van der Waals surface area contributed by atoms with Crippen molar-refractivity contribution < 1.29 is 19.2 Å². The van der Waals surface area contributed by atoms with Crippen LogP contribution in [0.1, 0.15) is 12.0 Å². The number of nitro benzene ring substituents is 1. The molecule has 1 fully saturated rings. The van der Waals surface area contributed by atoms with Crippen LogP contribution >= 0.6 is 0 Å². The Hall–Kier alpha value is -2.44. The van der Waals surface area contributed by atoms with E-state index in [0.29, 0.717) is 18.6 Å². The quantitative estimate of drug-likeness (QED) is 0.487. The maximum absolute atomic E-state index is 11.7. The molecular formula is C12H12N2O5. The molecule has 1 aromatic carbocycles. The molecule has 1 heterocycles. The summed E-state index contributed by atoms with van der Waals surface area (Å²) in [6, 6.07) is 5.23. The molecule has 1 unspecified atom stereocenters. The molecule has 0 radical (unpaired) electrons. The van der Waals surface area contributed by atoms with Crippen LogP contribution in [0, 0.1) is 10.1 Å². The average molecular weight is 264 g/mol. The number of carbonyl (C=O) groups excluding carboxylic acids is 2. The number of non-ortho nitro benzene ring substituents is 1. The number of cyclic esters (lactones) is 1. The molecule has 1 saturated heterocycles. The number of esters is 1. The number of hydrogen-bond acceptors (Lipinski definition) is 5. The third-order valence-corrected chi connectivity index (χ3v) is 2.76. The predicted molar refractivity (Wildman–Crippen MR) is 64.3 cm³/mol. The molecule has 1 aliphatic heterocycles. The summed E-state index contributed by atoms with van der Waals surface area (Å²) in [7, 11) is 0. The van der Waals surface area contributed by atoms with E-state index in [1.807, 2.05) is 0 Å². The fourth-order valence-electron chi connectivity index (χ4n) is 1.84. The summed E-state index contributed by atoms with van der Waals surface area (Å²) >= 11 is 0. The van der Waals surface area contributed by atoms with Gasteiger partial charge in [0.2, 0.25) is 5.91 Å². The highest BCUT2D eigenvalue weighted by atomic mass is 16.6. The second-order valence-corrected chi connectivity index (χ2v) is 4.18. The SMILES string of the molecule is O=C(Cc1cccc([N+](=O)[O-])c1)NC1CCOC1=O. The lowest BCUT2D eigenvalue weighted by Crippen LogP contribution is -2.38. The lowest BCUT2D eigenvalue weighted by molar-refractivity contribution is -0.384. The summed E-state index contributed by atoms with van der Waals surface area (Å²) < 4.78 is 4.72. The molecule has 100 valence electrons. The van der Waals surface area contributed by atoms with E-state index < -0.39 is 16.9 Å². The molecule has 1 aromatic rings. The minimum atomic E-state index is -0.605. The van der Waals surface area contributed by atoms with Gasteiger partial charge >= 0.3 is 5.97 Å². The molecule has 0 aliphatic carbocycles. The third-order valence-electron chi connectivity index (χ3n) is 2.76. The number of amides is 1. The summed E-state index contributed by atoms with van der Waals surface area (Å²) in [6.45, 7) is 0.306. The van der Waals surface area contributed by atoms with Gasteiger partial charge in [-0.2, -0.15) is 0 Å². The molecule has 0 saturated carbocycles. The van der Waals surface area contributed by atoms with E-state index >= 15 is 0 Å². The Morgan fingerprint density at radius 2 is 2.32 bits per heavy atom. The summed E-state index contributed by atoms with van der Waals surface area (Å²) in [5, 5.41) is 13.1. The van der Waals surface area contributed by atoms with Crippen molar-refractivity contribution in [1.29, 1.82) is 0 Å². The van der Waals surface area contributed by atoms with E-state index in [0.717, 1.165) is 0 Å². The van der Waals surface area contributed by atoms with Crippen molar-refractivity contribution in [2.45, 2.75) is 18.9 Å². The molecule has 7 heteroatoms. The Morgan fingerprint density at radius 1 is 1.53 bits per heavy atom. The van der Waals surface area contributed by atoms with Gasteiger partial charge in [-0.1, -0.05) is 12.1 Å². The highest BCUT2D eigenvalue weighted by molar-refractivity contribution is 5.86. The van der Waals surface area contributed by atoms with Gasteiger partial charge in [0.25, 0.3) is 5.69 Å². The van der Waals surface area contributed by atoms with Crippen molar-refractivity contribution in [3.05, 3.63) is 39.9 Å². The first-order chi connectivity index (χ1) is 9.06. The smallest absolute Gasteiger partial charge is 0.328 e. The van der Waals surface area contributed by atoms with Gasteiger partial charge in [0.1, 0.15) is 6.04 Å². The lowest BCUT2D eigenvalue weighted by atomic mass is 10.1. The third kappa shape index (κ3) is 3.27. The van der Waals surface area contributed by atoms with Gasteiger partial charge in [-0.3, -0.25) is 14.9 Å². The largest absolute Gasteiger partial charge is 0.464 e. The summed E-state index contributed by atoms with van der Waals surface area (Å²) in [6.07, 6.45) is 0.449. The van der Waals surface area contributed by atoms with Crippen molar-refractivity contribution >= 4 is 17.6 Å². The van der Waals surface area contributed by atoms with E-state index in [2.05, 4.69) is 5.32 Å². The Labute approximate surface area is 108 Å². The number of nitrogens with one attached hydrogen (secondary N) is 1. The number of nitrogens with zero attached hydrogens (tertiary/aromatic N) is 1. The normalized spacial score (nSPS) is 17.9. The van der Waals surface area contributed by atoms with Gasteiger partial charge in [0.15, 0.2) is 0 Å². The first kappa shape index (κ1) is 13.0. The van der Waals surface area contributed by atoms with Gasteiger partial charge in [-0.05, 0) is 5.56 Å². The zero-order valence-electron chi connectivity index (χ0n) is 10.00. The fourth-order valence-corrected chi connectivity index (χ4v) is 1.84. The maximum Gasteiger partial charge on any atom is 0.328 e. The number of hydrogen-bond donors (Lipinski definition) is 1. The Bertz CT molecular complexity index is 529. The molecule has 1 aliphatic rings. The molecular weight excluding hydrogens is 252 g/mol. The standard InChI is InChI=1S/C12H12N2O5/c15-11(13-10-4-5-19-12(10)16)7-8-2-1-3-9(6-8)14(17)18/h1-3,6,10H,4-5,7H2,(H,13,15). The molecule has 7 nitrogen and oxygen atoms in total. The van der Waals surface area contributed by atoms with Crippen LogP contribution in [0.2, 0.25) is 0 Å². The monoisotopic (exact) mass is 264 g/mol. The molecule has 2 rings (SSSR count). The average Bonchev–Trinajstić information content (AvgIpc) is 2.75. The van der Waals surface area contributed by atoms with Gasteiger partial charge in [0.05, 0.1) is 18.0 Å². The number of rotatable bonds is 4. The summed E-state index contributed by atoms with van der Waals surface area (Å²) in [5.41, 5.74) is 0.462. The van der Waals surface area contributed by atoms with Crippen molar-refractivity contribution in [3.63, 3.8) is 0 Å². The van der Waals surface area contributed by atoms with Crippen LogP contribution in [0.4, 0.5) is 5.69 Å². The number of carbonyl (C=O) groups is 2. The second kappa shape index (κ2) is 5.47. The lowest BCUT2D eigenvalue weighted by Gasteiger charge is -2.08. The van der Waals surface area contributed by atoms with Gasteiger partial charge in [-0.25, -0.2) is 4.79 Å². The van der Waals surface area contributed by atoms with E-state index in [-0.39, 0.29) is 18.0 Å². The number of ether oxygens (including phenoxy) is 1.